The van der Waals surface area contributed by atoms with Crippen LogP contribution in [0.3, 0.4) is 0 Å². The van der Waals surface area contributed by atoms with E-state index >= 15 is 0 Å². The summed E-state index contributed by atoms with van der Waals surface area (Å²) in [7, 11) is -0.484. The zero-order valence-corrected chi connectivity index (χ0v) is 20.5. The lowest BCUT2D eigenvalue weighted by molar-refractivity contribution is 0.00578. The highest BCUT2D eigenvalue weighted by molar-refractivity contribution is 9.10. The quantitative estimate of drug-likeness (QED) is 0.372. The van der Waals surface area contributed by atoms with Crippen molar-refractivity contribution in [3.05, 3.63) is 41.4 Å². The van der Waals surface area contributed by atoms with Crippen LogP contribution in [0.2, 0.25) is 0 Å². The predicted octanol–water partition coefficient (Wildman–Crippen LogP) is 2.49. The Labute approximate surface area is 203 Å². The molecule has 4 aromatic heterocycles. The van der Waals surface area contributed by atoms with Crippen molar-refractivity contribution in [1.29, 1.82) is 0 Å². The molecule has 4 N–H and O–H groups in total. The van der Waals surface area contributed by atoms with Crippen LogP contribution in [-0.4, -0.2) is 48.7 Å². The van der Waals surface area contributed by atoms with E-state index in [9.17, 15) is 0 Å². The van der Waals surface area contributed by atoms with Gasteiger partial charge in [-0.05, 0) is 55.8 Å². The van der Waals surface area contributed by atoms with E-state index in [4.69, 9.17) is 29.6 Å². The zero-order chi connectivity index (χ0) is 24.5. The van der Waals surface area contributed by atoms with Crippen LogP contribution in [0.4, 0.5) is 12.0 Å². The number of pyridine rings is 2. The van der Waals surface area contributed by atoms with E-state index in [1.807, 2.05) is 39.8 Å². The van der Waals surface area contributed by atoms with Crippen molar-refractivity contribution in [3.8, 4) is 22.9 Å². The fourth-order valence-corrected chi connectivity index (χ4v) is 3.28. The molecule has 1 saturated heterocycles. The summed E-state index contributed by atoms with van der Waals surface area (Å²) in [6.45, 7) is 8.01. The van der Waals surface area contributed by atoms with E-state index in [0.717, 1.165) is 15.5 Å². The van der Waals surface area contributed by atoms with Crippen LogP contribution in [0.25, 0.3) is 22.9 Å². The van der Waals surface area contributed by atoms with Crippen molar-refractivity contribution < 1.29 is 18.1 Å². The number of rotatable bonds is 3. The smallest absolute Gasteiger partial charge is 0.404 e. The summed E-state index contributed by atoms with van der Waals surface area (Å²) in [6, 6.07) is 3.74. The van der Waals surface area contributed by atoms with Gasteiger partial charge in [-0.15, -0.1) is 10.2 Å². The molecule has 0 atom stereocenters. The van der Waals surface area contributed by atoms with Crippen LogP contribution >= 0.6 is 15.9 Å². The van der Waals surface area contributed by atoms with Gasteiger partial charge in [0, 0.05) is 34.7 Å². The molecule has 0 unspecified atom stereocenters. The van der Waals surface area contributed by atoms with Gasteiger partial charge >= 0.3 is 19.1 Å². The third-order valence-electron chi connectivity index (χ3n) is 5.36. The first-order valence-corrected chi connectivity index (χ1v) is 10.9. The standard InChI is InChI=1S/C13H17BN4O3.C7H5BrN4O/c1-12(2)13(3,4)21-14(20-12)9-5-8(6-16-7-9)10-17-18-11(15)19-10;8-5-1-4(2-10-3-5)6-11-12-7(9)13-6/h5-7H,1-4H3,(H2,15,18);1-3H,(H2,9,12). The number of nitrogen functional groups attached to an aromatic ring is 2. The van der Waals surface area contributed by atoms with Gasteiger partial charge in [0.25, 0.3) is 11.8 Å². The number of hydrogen-bond donors (Lipinski definition) is 2. The van der Waals surface area contributed by atoms with Crippen molar-refractivity contribution >= 4 is 40.5 Å². The molecule has 5 rings (SSSR count). The highest BCUT2D eigenvalue weighted by Gasteiger charge is 2.51. The maximum Gasteiger partial charge on any atom is 0.496 e. The average Bonchev–Trinajstić information content (AvgIpc) is 3.46. The summed E-state index contributed by atoms with van der Waals surface area (Å²) in [5.41, 5.74) is 12.1. The maximum atomic E-state index is 5.99. The van der Waals surface area contributed by atoms with Crippen LogP contribution in [0.1, 0.15) is 27.7 Å². The van der Waals surface area contributed by atoms with Crippen LogP contribution in [0.15, 0.2) is 50.2 Å². The molecule has 0 saturated carbocycles. The predicted molar refractivity (Wildman–Crippen MR) is 127 cm³/mol. The van der Waals surface area contributed by atoms with Gasteiger partial charge in [0.2, 0.25) is 0 Å². The average molecular weight is 529 g/mol. The normalized spacial score (nSPS) is 16.2. The topological polar surface area (TPSA) is 174 Å². The Kier molecular flexibility index (Phi) is 6.38. The Balaban J connectivity index is 0.000000180. The largest absolute Gasteiger partial charge is 0.496 e. The van der Waals surface area contributed by atoms with Gasteiger partial charge < -0.3 is 29.6 Å². The Morgan fingerprint density at radius 2 is 1.24 bits per heavy atom. The summed E-state index contributed by atoms with van der Waals surface area (Å²) in [5, 5.41) is 14.8. The number of anilines is 2. The van der Waals surface area contributed by atoms with Gasteiger partial charge in [-0.2, -0.15) is 0 Å². The minimum absolute atomic E-state index is 0.0195. The van der Waals surface area contributed by atoms with Crippen LogP contribution < -0.4 is 16.9 Å². The molecule has 1 fully saturated rings. The number of nitrogens with zero attached hydrogens (tertiary/aromatic N) is 6. The van der Waals surface area contributed by atoms with Gasteiger partial charge in [0.05, 0.1) is 22.3 Å². The molecule has 176 valence electrons. The second kappa shape index (κ2) is 9.12. The van der Waals surface area contributed by atoms with E-state index in [0.29, 0.717) is 17.3 Å². The Hall–Kier alpha value is -3.36. The molecule has 14 heteroatoms. The molecule has 1 aliphatic rings. The fraction of sp³-hybridized carbons (Fsp3) is 0.300. The van der Waals surface area contributed by atoms with Crippen LogP contribution in [0, 0.1) is 0 Å². The molecule has 34 heavy (non-hydrogen) atoms. The van der Waals surface area contributed by atoms with Gasteiger partial charge in [-0.25, -0.2) is 0 Å². The summed E-state index contributed by atoms with van der Waals surface area (Å²) >= 11 is 3.28. The third-order valence-corrected chi connectivity index (χ3v) is 5.80. The Bertz CT molecular complexity index is 1280. The minimum atomic E-state index is -0.484. The molecule has 1 aliphatic heterocycles. The first-order chi connectivity index (χ1) is 16.0. The van der Waals surface area contributed by atoms with Gasteiger partial charge in [-0.1, -0.05) is 10.2 Å². The highest BCUT2D eigenvalue weighted by atomic mass is 79.9. The van der Waals surface area contributed by atoms with Crippen molar-refractivity contribution in [2.75, 3.05) is 11.5 Å². The second-order valence-corrected chi connectivity index (χ2v) is 9.29. The van der Waals surface area contributed by atoms with Gasteiger partial charge in [0.1, 0.15) is 0 Å². The highest BCUT2D eigenvalue weighted by Crippen LogP contribution is 2.36. The second-order valence-electron chi connectivity index (χ2n) is 8.38. The molecule has 5 heterocycles. The van der Waals surface area contributed by atoms with E-state index in [1.165, 1.54) is 0 Å². The molecule has 12 nitrogen and oxygen atoms in total. The maximum absolute atomic E-state index is 5.99. The van der Waals surface area contributed by atoms with Gasteiger partial charge in [-0.3, -0.25) is 9.97 Å². The number of halogens is 1. The van der Waals surface area contributed by atoms with Crippen molar-refractivity contribution in [2.24, 2.45) is 0 Å². The number of nitrogens with two attached hydrogens (primary N) is 2. The van der Waals surface area contributed by atoms with Crippen molar-refractivity contribution in [2.45, 2.75) is 38.9 Å². The van der Waals surface area contributed by atoms with Crippen molar-refractivity contribution in [1.82, 2.24) is 30.4 Å². The lowest BCUT2D eigenvalue weighted by Crippen LogP contribution is -2.41. The molecule has 0 aliphatic carbocycles. The van der Waals surface area contributed by atoms with E-state index in [2.05, 4.69) is 46.3 Å². The molecule has 0 spiro atoms. The van der Waals surface area contributed by atoms with E-state index < -0.39 is 18.3 Å². The monoisotopic (exact) mass is 528 g/mol. The molecule has 0 amide bonds. The Morgan fingerprint density at radius 1 is 0.735 bits per heavy atom. The third kappa shape index (κ3) is 5.08. The molecular weight excluding hydrogens is 507 g/mol. The summed E-state index contributed by atoms with van der Waals surface area (Å²) in [4.78, 5) is 8.14. The Morgan fingerprint density at radius 3 is 1.71 bits per heavy atom. The number of hydrogen-bond acceptors (Lipinski definition) is 12. The first kappa shape index (κ1) is 23.8. The zero-order valence-electron chi connectivity index (χ0n) is 18.9. The molecule has 0 radical (unpaired) electrons. The number of aromatic nitrogens is 6. The lowest BCUT2D eigenvalue weighted by Gasteiger charge is -2.32. The van der Waals surface area contributed by atoms with E-state index in [1.54, 1.807) is 24.8 Å². The van der Waals surface area contributed by atoms with Crippen molar-refractivity contribution in [3.63, 3.8) is 0 Å². The molecular formula is C20H22BBrN8O4. The first-order valence-electron chi connectivity index (χ1n) is 10.1. The minimum Gasteiger partial charge on any atom is -0.404 e. The SMILES string of the molecule is CC1(C)OB(c2cncc(-c3nnc(N)o3)c2)OC1(C)C.Nc1nnc(-c2cncc(Br)c2)o1. The molecule has 0 aromatic carbocycles. The van der Waals surface area contributed by atoms with Crippen LogP contribution in [-0.2, 0) is 9.31 Å². The van der Waals surface area contributed by atoms with Crippen LogP contribution in [0.5, 0.6) is 0 Å². The molecule has 4 aromatic rings. The lowest BCUT2D eigenvalue weighted by atomic mass is 9.80. The van der Waals surface area contributed by atoms with E-state index in [-0.39, 0.29) is 12.0 Å². The summed E-state index contributed by atoms with van der Waals surface area (Å²) in [5.74, 6) is 0.685. The molecule has 0 bridgehead atoms. The summed E-state index contributed by atoms with van der Waals surface area (Å²) in [6.07, 6.45) is 6.62. The summed E-state index contributed by atoms with van der Waals surface area (Å²) < 4.78 is 23.1. The van der Waals surface area contributed by atoms with Gasteiger partial charge in [0.15, 0.2) is 0 Å². The fourth-order valence-electron chi connectivity index (χ4n) is 2.91.